The van der Waals surface area contributed by atoms with Gasteiger partial charge in [-0.3, -0.25) is 14.8 Å². The number of carbonyl (C=O) groups is 1. The molecule has 31 heavy (non-hydrogen) atoms. The predicted octanol–water partition coefficient (Wildman–Crippen LogP) is -0.158. The lowest BCUT2D eigenvalue weighted by atomic mass is 10.1. The molecule has 5 N–H and O–H groups in total. The summed E-state index contributed by atoms with van der Waals surface area (Å²) < 4.78 is 7.00. The number of aromatic nitrogens is 4. The molecule has 12 heteroatoms. The van der Waals surface area contributed by atoms with Crippen molar-refractivity contribution in [2.45, 2.75) is 31.5 Å². The predicted molar refractivity (Wildman–Crippen MR) is 110 cm³/mol. The second-order valence-corrected chi connectivity index (χ2v) is 6.95. The Kier molecular flexibility index (Phi) is 5.86. The molecular weight excluding hydrogens is 406 g/mol. The maximum atomic E-state index is 11.1. The fraction of sp³-hybridized carbons (Fsp3) is 0.316. The molecule has 3 aromatic rings. The van der Waals surface area contributed by atoms with Gasteiger partial charge in [-0.1, -0.05) is 12.1 Å². The number of aliphatic hydroxyl groups is 3. The molecule has 4 atom stereocenters. The highest BCUT2D eigenvalue weighted by molar-refractivity contribution is 5.89. The Hall–Kier alpha value is -3.45. The Morgan fingerprint density at radius 3 is 2.68 bits per heavy atom. The van der Waals surface area contributed by atoms with Crippen molar-refractivity contribution in [3.8, 4) is 0 Å². The number of imidazole rings is 1. The highest BCUT2D eigenvalue weighted by atomic mass is 16.6. The summed E-state index contributed by atoms with van der Waals surface area (Å²) in [5, 5.41) is 36.4. The number of benzene rings is 1. The van der Waals surface area contributed by atoms with E-state index in [0.717, 1.165) is 5.56 Å². The van der Waals surface area contributed by atoms with Crippen LogP contribution in [0.3, 0.4) is 0 Å². The van der Waals surface area contributed by atoms with Gasteiger partial charge in [-0.25, -0.2) is 15.0 Å². The first-order valence-corrected chi connectivity index (χ1v) is 9.44. The Balaban J connectivity index is 1.51. The number of fused-ring (bicyclic) bond motifs is 1. The third-order valence-corrected chi connectivity index (χ3v) is 4.77. The summed E-state index contributed by atoms with van der Waals surface area (Å²) >= 11 is 0. The summed E-state index contributed by atoms with van der Waals surface area (Å²) in [6, 6.07) is 7.10. The number of aliphatic hydroxyl groups excluding tert-OH is 3. The van der Waals surface area contributed by atoms with Crippen LogP contribution in [-0.2, 0) is 9.53 Å². The number of ether oxygens (including phenoxy) is 1. The molecule has 1 saturated heterocycles. The van der Waals surface area contributed by atoms with Gasteiger partial charge in [-0.05, 0) is 17.7 Å². The Bertz CT molecular complexity index is 1100. The smallest absolute Gasteiger partial charge is 0.221 e. The average Bonchev–Trinajstić information content (AvgIpc) is 3.31. The summed E-state index contributed by atoms with van der Waals surface area (Å²) in [4.78, 5) is 23.7. The van der Waals surface area contributed by atoms with Crippen LogP contribution >= 0.6 is 0 Å². The lowest BCUT2D eigenvalue weighted by molar-refractivity contribution is -0.114. The quantitative estimate of drug-likeness (QED) is 0.265. The third-order valence-electron chi connectivity index (χ3n) is 4.77. The SMILES string of the molecule is CC(=O)Nc1ccc(/C=N/Nc2ncnc3c2ncn3C2OC(CO)C(O)C2O)cc1. The summed E-state index contributed by atoms with van der Waals surface area (Å²) in [6.45, 7) is 1.01. The van der Waals surface area contributed by atoms with Crippen molar-refractivity contribution in [2.75, 3.05) is 17.3 Å². The van der Waals surface area contributed by atoms with Gasteiger partial charge in [0.15, 0.2) is 23.2 Å². The lowest BCUT2D eigenvalue weighted by Gasteiger charge is -2.16. The largest absolute Gasteiger partial charge is 0.394 e. The average molecular weight is 427 g/mol. The highest BCUT2D eigenvalue weighted by Crippen LogP contribution is 2.32. The first kappa shape index (κ1) is 20.8. The third kappa shape index (κ3) is 4.22. The van der Waals surface area contributed by atoms with Crippen molar-refractivity contribution in [1.82, 2.24) is 19.5 Å². The first-order chi connectivity index (χ1) is 15.0. The summed E-state index contributed by atoms with van der Waals surface area (Å²) in [5.74, 6) is 0.189. The van der Waals surface area contributed by atoms with E-state index in [1.54, 1.807) is 30.5 Å². The van der Waals surface area contributed by atoms with Gasteiger partial charge >= 0.3 is 0 Å². The number of rotatable bonds is 6. The molecule has 0 spiro atoms. The Labute approximate surface area is 176 Å². The number of carbonyl (C=O) groups excluding carboxylic acids is 1. The van der Waals surface area contributed by atoms with Crippen LogP contribution in [0.5, 0.6) is 0 Å². The number of nitrogens with one attached hydrogen (secondary N) is 2. The maximum Gasteiger partial charge on any atom is 0.221 e. The molecule has 1 amide bonds. The minimum absolute atomic E-state index is 0.146. The van der Waals surface area contributed by atoms with Crippen LogP contribution < -0.4 is 10.7 Å². The zero-order chi connectivity index (χ0) is 22.0. The fourth-order valence-electron chi connectivity index (χ4n) is 3.25. The molecule has 12 nitrogen and oxygen atoms in total. The van der Waals surface area contributed by atoms with Gasteiger partial charge in [-0.15, -0.1) is 0 Å². The van der Waals surface area contributed by atoms with Gasteiger partial charge in [0, 0.05) is 12.6 Å². The van der Waals surface area contributed by atoms with Crippen LogP contribution in [0.2, 0.25) is 0 Å². The molecular formula is C19H21N7O5. The second-order valence-electron chi connectivity index (χ2n) is 6.95. The van der Waals surface area contributed by atoms with Gasteiger partial charge in [0.2, 0.25) is 5.91 Å². The highest BCUT2D eigenvalue weighted by Gasteiger charge is 2.44. The zero-order valence-corrected chi connectivity index (χ0v) is 16.5. The molecule has 0 bridgehead atoms. The Morgan fingerprint density at radius 1 is 1.23 bits per heavy atom. The van der Waals surface area contributed by atoms with Crippen LogP contribution in [-0.4, -0.2) is 71.9 Å². The molecule has 1 aliphatic rings. The molecule has 1 fully saturated rings. The lowest BCUT2D eigenvalue weighted by Crippen LogP contribution is -2.33. The van der Waals surface area contributed by atoms with Crippen LogP contribution in [0.4, 0.5) is 11.5 Å². The molecule has 0 aliphatic carbocycles. The minimum atomic E-state index is -1.25. The molecule has 4 unspecified atom stereocenters. The van der Waals surface area contributed by atoms with E-state index in [4.69, 9.17) is 4.74 Å². The summed E-state index contributed by atoms with van der Waals surface area (Å²) in [7, 11) is 0. The van der Waals surface area contributed by atoms with E-state index in [-0.39, 0.29) is 5.91 Å². The number of hydrogen-bond donors (Lipinski definition) is 5. The Morgan fingerprint density at radius 2 is 2.00 bits per heavy atom. The van der Waals surface area contributed by atoms with E-state index in [0.29, 0.717) is 22.7 Å². The second kappa shape index (κ2) is 8.73. The van der Waals surface area contributed by atoms with Gasteiger partial charge in [0.25, 0.3) is 0 Å². The standard InChI is InChI=1S/C19H21N7O5/c1-10(28)24-12-4-2-11(3-5-12)6-23-25-17-14-18(21-8-20-17)26(9-22-14)19-16(30)15(29)13(7-27)31-19/h2-6,8-9,13,15-16,19,27,29-30H,7H2,1H3,(H,24,28)(H,20,21,25)/b23-6+. The van der Waals surface area contributed by atoms with E-state index in [9.17, 15) is 20.1 Å². The van der Waals surface area contributed by atoms with Crippen molar-refractivity contribution in [2.24, 2.45) is 5.10 Å². The minimum Gasteiger partial charge on any atom is -0.394 e. The molecule has 0 radical (unpaired) electrons. The molecule has 2 aromatic heterocycles. The van der Waals surface area contributed by atoms with E-state index >= 15 is 0 Å². The first-order valence-electron chi connectivity index (χ1n) is 9.44. The van der Waals surface area contributed by atoms with Crippen molar-refractivity contribution < 1.29 is 24.9 Å². The molecule has 162 valence electrons. The summed E-state index contributed by atoms with van der Waals surface area (Å²) in [6.07, 6.45) is -0.0388. The number of hydrazone groups is 1. The van der Waals surface area contributed by atoms with Crippen molar-refractivity contribution in [1.29, 1.82) is 0 Å². The van der Waals surface area contributed by atoms with Gasteiger partial charge in [0.05, 0.1) is 19.1 Å². The van der Waals surface area contributed by atoms with E-state index in [2.05, 4.69) is 30.8 Å². The summed E-state index contributed by atoms with van der Waals surface area (Å²) in [5.41, 5.74) is 5.04. The maximum absolute atomic E-state index is 11.1. The van der Waals surface area contributed by atoms with Gasteiger partial charge in [-0.2, -0.15) is 5.10 Å². The van der Waals surface area contributed by atoms with E-state index in [1.807, 2.05) is 0 Å². The van der Waals surface area contributed by atoms with E-state index < -0.39 is 31.1 Å². The van der Waals surface area contributed by atoms with Crippen LogP contribution in [0.1, 0.15) is 18.7 Å². The molecule has 1 aromatic carbocycles. The van der Waals surface area contributed by atoms with Crippen LogP contribution in [0.25, 0.3) is 11.2 Å². The number of anilines is 2. The molecule has 1 aliphatic heterocycles. The van der Waals surface area contributed by atoms with Crippen molar-refractivity contribution >= 4 is 34.8 Å². The van der Waals surface area contributed by atoms with Crippen LogP contribution in [0.15, 0.2) is 42.0 Å². The monoisotopic (exact) mass is 427 g/mol. The molecule has 4 rings (SSSR count). The topological polar surface area (TPSA) is 167 Å². The molecule has 0 saturated carbocycles. The van der Waals surface area contributed by atoms with Gasteiger partial charge in [0.1, 0.15) is 24.6 Å². The van der Waals surface area contributed by atoms with Crippen molar-refractivity contribution in [3.05, 3.63) is 42.5 Å². The fourth-order valence-corrected chi connectivity index (χ4v) is 3.25. The number of amides is 1. The zero-order valence-electron chi connectivity index (χ0n) is 16.5. The van der Waals surface area contributed by atoms with Crippen LogP contribution in [0, 0.1) is 0 Å². The normalized spacial score (nSPS) is 23.5. The number of nitrogens with zero attached hydrogens (tertiary/aromatic N) is 5. The van der Waals surface area contributed by atoms with Crippen molar-refractivity contribution in [3.63, 3.8) is 0 Å². The molecule has 3 heterocycles. The number of hydrogen-bond acceptors (Lipinski definition) is 10. The van der Waals surface area contributed by atoms with E-state index in [1.165, 1.54) is 24.1 Å². The van der Waals surface area contributed by atoms with Gasteiger partial charge < -0.3 is 25.4 Å².